The van der Waals surface area contributed by atoms with Gasteiger partial charge in [-0.2, -0.15) is 0 Å². The van der Waals surface area contributed by atoms with Crippen molar-refractivity contribution in [3.05, 3.63) is 94.5 Å². The zero-order valence-corrected chi connectivity index (χ0v) is 19.3. The van der Waals surface area contributed by atoms with Crippen LogP contribution in [-0.2, 0) is 30.7 Å². The van der Waals surface area contributed by atoms with E-state index in [9.17, 15) is 9.59 Å². The molecule has 6 rings (SSSR count). The Labute approximate surface area is 202 Å². The molecular weight excluding hydrogens is 438 g/mol. The lowest BCUT2D eigenvalue weighted by Crippen LogP contribution is -2.29. The fourth-order valence-corrected chi connectivity index (χ4v) is 5.09. The summed E-state index contributed by atoms with van der Waals surface area (Å²) in [5.74, 6) is 0.689. The molecule has 35 heavy (non-hydrogen) atoms. The van der Waals surface area contributed by atoms with Crippen LogP contribution in [0, 0.1) is 0 Å². The maximum atomic E-state index is 13.3. The first-order valence-corrected chi connectivity index (χ1v) is 12.0. The van der Waals surface area contributed by atoms with Gasteiger partial charge in [-0.15, -0.1) is 0 Å². The number of para-hydroxylation sites is 2. The SMILES string of the molecule is O=C(CCn1c2c(c3ccccc31)CCn1c-2nc2ccccc2c1=O)NCCc1ccncc1. The molecule has 0 saturated carbocycles. The van der Waals surface area contributed by atoms with Crippen LogP contribution >= 0.6 is 0 Å². The third-order valence-electron chi connectivity index (χ3n) is 6.78. The van der Waals surface area contributed by atoms with E-state index in [2.05, 4.69) is 27.0 Å². The molecule has 0 saturated heterocycles. The average molecular weight is 464 g/mol. The molecule has 5 aromatic rings. The van der Waals surface area contributed by atoms with Crippen LogP contribution in [0.25, 0.3) is 33.3 Å². The smallest absolute Gasteiger partial charge is 0.261 e. The van der Waals surface area contributed by atoms with Crippen LogP contribution in [0.1, 0.15) is 17.5 Å². The zero-order valence-electron chi connectivity index (χ0n) is 19.3. The summed E-state index contributed by atoms with van der Waals surface area (Å²) in [6.45, 7) is 1.70. The van der Waals surface area contributed by atoms with Crippen molar-refractivity contribution in [2.24, 2.45) is 0 Å². The lowest BCUT2D eigenvalue weighted by Gasteiger charge is -2.21. The second-order valence-electron chi connectivity index (χ2n) is 8.86. The van der Waals surface area contributed by atoms with Crippen molar-refractivity contribution in [3.63, 3.8) is 0 Å². The van der Waals surface area contributed by atoms with E-state index in [0.29, 0.717) is 42.8 Å². The van der Waals surface area contributed by atoms with E-state index >= 15 is 0 Å². The van der Waals surface area contributed by atoms with E-state index in [4.69, 9.17) is 4.98 Å². The minimum Gasteiger partial charge on any atom is -0.356 e. The third-order valence-corrected chi connectivity index (χ3v) is 6.78. The Bertz CT molecular complexity index is 1620. The van der Waals surface area contributed by atoms with Gasteiger partial charge in [-0.25, -0.2) is 4.98 Å². The van der Waals surface area contributed by atoms with E-state index in [-0.39, 0.29) is 11.5 Å². The molecule has 0 fully saturated rings. The number of benzene rings is 2. The molecular formula is C28H25N5O2. The molecule has 0 atom stereocenters. The summed E-state index contributed by atoms with van der Waals surface area (Å²) >= 11 is 0. The summed E-state index contributed by atoms with van der Waals surface area (Å²) in [4.78, 5) is 34.9. The number of amides is 1. The number of nitrogens with one attached hydrogen (secondary N) is 1. The summed E-state index contributed by atoms with van der Waals surface area (Å²) in [6.07, 6.45) is 5.40. The van der Waals surface area contributed by atoms with Crippen LogP contribution in [0.4, 0.5) is 0 Å². The number of rotatable bonds is 6. The Hall–Kier alpha value is -4.26. The van der Waals surface area contributed by atoms with E-state index in [1.165, 1.54) is 5.56 Å². The van der Waals surface area contributed by atoms with Crippen molar-refractivity contribution in [3.8, 4) is 11.5 Å². The van der Waals surface area contributed by atoms with Gasteiger partial charge in [0.25, 0.3) is 5.56 Å². The molecule has 7 nitrogen and oxygen atoms in total. The molecule has 1 amide bonds. The highest BCUT2D eigenvalue weighted by Crippen LogP contribution is 2.36. The van der Waals surface area contributed by atoms with Gasteiger partial charge in [-0.1, -0.05) is 30.3 Å². The van der Waals surface area contributed by atoms with Gasteiger partial charge in [-0.05, 0) is 54.3 Å². The van der Waals surface area contributed by atoms with E-state index in [1.54, 1.807) is 17.0 Å². The fourth-order valence-electron chi connectivity index (χ4n) is 5.09. The summed E-state index contributed by atoms with van der Waals surface area (Å²) in [6, 6.07) is 19.7. The highest BCUT2D eigenvalue weighted by molar-refractivity contribution is 5.92. The van der Waals surface area contributed by atoms with Gasteiger partial charge in [0.05, 0.1) is 16.6 Å². The van der Waals surface area contributed by atoms with Crippen LogP contribution in [0.2, 0.25) is 0 Å². The first-order valence-electron chi connectivity index (χ1n) is 12.0. The molecule has 4 heterocycles. The van der Waals surface area contributed by atoms with Crippen molar-refractivity contribution in [2.75, 3.05) is 6.54 Å². The maximum Gasteiger partial charge on any atom is 0.261 e. The predicted molar refractivity (Wildman–Crippen MR) is 136 cm³/mol. The number of hydrogen-bond acceptors (Lipinski definition) is 4. The normalized spacial score (nSPS) is 12.5. The monoisotopic (exact) mass is 463 g/mol. The second-order valence-corrected chi connectivity index (χ2v) is 8.86. The van der Waals surface area contributed by atoms with Crippen LogP contribution in [0.3, 0.4) is 0 Å². The lowest BCUT2D eigenvalue weighted by atomic mass is 10.0. The Morgan fingerprint density at radius 3 is 2.60 bits per heavy atom. The molecule has 2 aromatic carbocycles. The molecule has 1 aliphatic rings. The summed E-state index contributed by atoms with van der Waals surface area (Å²) in [5, 5.41) is 4.83. The number of aryl methyl sites for hydroxylation is 2. The molecule has 0 aliphatic carbocycles. The quantitative estimate of drug-likeness (QED) is 0.416. The second kappa shape index (κ2) is 8.83. The molecule has 0 unspecified atom stereocenters. The van der Waals surface area contributed by atoms with Crippen molar-refractivity contribution < 1.29 is 4.79 Å². The van der Waals surface area contributed by atoms with Gasteiger partial charge in [-0.3, -0.25) is 19.1 Å². The van der Waals surface area contributed by atoms with Crippen LogP contribution in [0.15, 0.2) is 77.9 Å². The number of aromatic nitrogens is 4. The first kappa shape index (κ1) is 21.3. The van der Waals surface area contributed by atoms with E-state index < -0.39 is 0 Å². The molecule has 0 spiro atoms. The van der Waals surface area contributed by atoms with E-state index in [1.807, 2.05) is 48.5 Å². The van der Waals surface area contributed by atoms with Crippen LogP contribution < -0.4 is 10.9 Å². The van der Waals surface area contributed by atoms with Gasteiger partial charge in [0.1, 0.15) is 0 Å². The topological polar surface area (TPSA) is 81.8 Å². The van der Waals surface area contributed by atoms with Gasteiger partial charge in [0.15, 0.2) is 5.82 Å². The standard InChI is InChI=1S/C28H25N5O2/c34-25(30-16-11-19-9-14-29-15-10-19)13-18-32-24-8-4-2-5-20(24)21-12-17-33-27(26(21)32)31-23-7-3-1-6-22(23)28(33)35/h1-10,14-15H,11-13,16-18H2,(H,30,34). The van der Waals surface area contributed by atoms with Gasteiger partial charge < -0.3 is 9.88 Å². The fraction of sp³-hybridized carbons (Fsp3) is 0.214. The third kappa shape index (κ3) is 3.79. The lowest BCUT2D eigenvalue weighted by molar-refractivity contribution is -0.121. The van der Waals surface area contributed by atoms with Gasteiger partial charge in [0, 0.05) is 49.4 Å². The van der Waals surface area contributed by atoms with Crippen molar-refractivity contribution in [1.29, 1.82) is 0 Å². The Balaban J connectivity index is 1.33. The number of fused-ring (bicyclic) bond motifs is 6. The molecule has 0 bridgehead atoms. The molecule has 3 aromatic heterocycles. The van der Waals surface area contributed by atoms with Gasteiger partial charge >= 0.3 is 0 Å². The van der Waals surface area contributed by atoms with Crippen LogP contribution in [-0.4, -0.2) is 31.6 Å². The zero-order chi connectivity index (χ0) is 23.8. The van der Waals surface area contributed by atoms with Gasteiger partial charge in [0.2, 0.25) is 5.91 Å². The van der Waals surface area contributed by atoms with Crippen molar-refractivity contribution in [1.82, 2.24) is 24.4 Å². The number of nitrogens with zero attached hydrogens (tertiary/aromatic N) is 4. The molecule has 1 aliphatic heterocycles. The minimum absolute atomic E-state index is 0.00487. The summed E-state index contributed by atoms with van der Waals surface area (Å²) in [5.41, 5.74) is 5.04. The van der Waals surface area contributed by atoms with Crippen molar-refractivity contribution in [2.45, 2.75) is 32.4 Å². The molecule has 0 radical (unpaired) electrons. The van der Waals surface area contributed by atoms with Crippen molar-refractivity contribution >= 4 is 27.7 Å². The predicted octanol–water partition coefficient (Wildman–Crippen LogP) is 3.72. The molecule has 174 valence electrons. The highest BCUT2D eigenvalue weighted by atomic mass is 16.1. The first-order chi connectivity index (χ1) is 17.2. The molecule has 1 N–H and O–H groups in total. The number of carbonyl (C=O) groups is 1. The Morgan fingerprint density at radius 2 is 1.74 bits per heavy atom. The maximum absolute atomic E-state index is 13.3. The summed E-state index contributed by atoms with van der Waals surface area (Å²) < 4.78 is 3.95. The average Bonchev–Trinajstić information content (AvgIpc) is 3.22. The number of hydrogen-bond donors (Lipinski definition) is 1. The number of pyridine rings is 1. The van der Waals surface area contributed by atoms with Crippen LogP contribution in [0.5, 0.6) is 0 Å². The Morgan fingerprint density at radius 1 is 0.971 bits per heavy atom. The van der Waals surface area contributed by atoms with E-state index in [0.717, 1.165) is 35.0 Å². The Kier molecular flexibility index (Phi) is 5.37. The minimum atomic E-state index is -0.0121. The largest absolute Gasteiger partial charge is 0.356 e. The molecule has 7 heteroatoms. The highest BCUT2D eigenvalue weighted by Gasteiger charge is 2.27. The number of carbonyl (C=O) groups excluding carboxylic acids is 1. The summed E-state index contributed by atoms with van der Waals surface area (Å²) in [7, 11) is 0.